The van der Waals surface area contributed by atoms with Gasteiger partial charge in [-0.3, -0.25) is 14.5 Å². The summed E-state index contributed by atoms with van der Waals surface area (Å²) in [6.07, 6.45) is 3.14. The number of likely N-dealkylation sites (N-methyl/N-ethyl adjacent to an activating group) is 1. The number of carbonyl (C=O) groups is 2. The third-order valence-corrected chi connectivity index (χ3v) is 8.12. The highest BCUT2D eigenvalue weighted by molar-refractivity contribution is 5.90. The number of methoxy groups -OCH3 is 1. The van der Waals surface area contributed by atoms with Gasteiger partial charge in [-0.1, -0.05) is 42.5 Å². The highest BCUT2D eigenvalue weighted by atomic mass is 19.1. The zero-order valence-corrected chi connectivity index (χ0v) is 22.7. The Balaban J connectivity index is 1.10. The van der Waals surface area contributed by atoms with Crippen LogP contribution in [-0.2, 0) is 29.0 Å². The molecule has 1 atom stereocenters. The average molecular weight is 530 g/mol. The molecule has 2 heterocycles. The number of anilines is 1. The van der Waals surface area contributed by atoms with E-state index in [4.69, 9.17) is 4.74 Å². The summed E-state index contributed by atoms with van der Waals surface area (Å²) >= 11 is 0. The molecule has 39 heavy (non-hydrogen) atoms. The Labute approximate surface area is 229 Å². The first-order valence-electron chi connectivity index (χ1n) is 13.7. The Morgan fingerprint density at radius 1 is 1.00 bits per heavy atom. The number of fused-ring (bicyclic) bond motifs is 1. The van der Waals surface area contributed by atoms with Gasteiger partial charge in [0, 0.05) is 37.8 Å². The summed E-state index contributed by atoms with van der Waals surface area (Å²) in [6.45, 7) is 2.33. The van der Waals surface area contributed by atoms with E-state index in [0.29, 0.717) is 23.7 Å². The van der Waals surface area contributed by atoms with Gasteiger partial charge in [0.2, 0.25) is 11.8 Å². The van der Waals surface area contributed by atoms with Crippen LogP contribution in [0.4, 0.5) is 10.1 Å². The fraction of sp³-hybridized carbons (Fsp3) is 0.375. The van der Waals surface area contributed by atoms with Crippen LogP contribution in [0.1, 0.15) is 47.4 Å². The number of piperidine rings is 1. The van der Waals surface area contributed by atoms with Gasteiger partial charge in [-0.25, -0.2) is 4.39 Å². The molecule has 1 fully saturated rings. The molecule has 2 aliphatic heterocycles. The number of hydrogen-bond acceptors (Lipinski definition) is 4. The van der Waals surface area contributed by atoms with Crippen molar-refractivity contribution in [2.24, 2.45) is 0 Å². The second-order valence-corrected chi connectivity index (χ2v) is 10.6. The van der Waals surface area contributed by atoms with Crippen LogP contribution in [0.3, 0.4) is 0 Å². The Bertz CT molecular complexity index is 1320. The van der Waals surface area contributed by atoms with E-state index in [1.807, 2.05) is 24.1 Å². The number of likely N-dealkylation sites (tertiary alicyclic amines) is 1. The van der Waals surface area contributed by atoms with Crippen molar-refractivity contribution in [3.05, 3.63) is 94.8 Å². The van der Waals surface area contributed by atoms with E-state index in [0.717, 1.165) is 44.6 Å². The first-order chi connectivity index (χ1) is 18.9. The monoisotopic (exact) mass is 529 g/mol. The maximum atomic E-state index is 14.1. The van der Waals surface area contributed by atoms with E-state index < -0.39 is 0 Å². The zero-order chi connectivity index (χ0) is 27.4. The average Bonchev–Trinajstić information content (AvgIpc) is 2.96. The van der Waals surface area contributed by atoms with Crippen molar-refractivity contribution >= 4 is 17.5 Å². The van der Waals surface area contributed by atoms with E-state index >= 15 is 0 Å². The summed E-state index contributed by atoms with van der Waals surface area (Å²) in [5.41, 5.74) is 5.04. The summed E-state index contributed by atoms with van der Waals surface area (Å²) in [5, 5.41) is 2.91. The van der Waals surface area contributed by atoms with Gasteiger partial charge in [0.15, 0.2) is 0 Å². The highest BCUT2D eigenvalue weighted by Crippen LogP contribution is 2.31. The summed E-state index contributed by atoms with van der Waals surface area (Å²) in [6, 6.07) is 21.0. The lowest BCUT2D eigenvalue weighted by atomic mass is 9.88. The molecule has 1 N–H and O–H groups in total. The molecule has 0 aromatic heterocycles. The quantitative estimate of drug-likeness (QED) is 0.459. The molecule has 6 nitrogen and oxygen atoms in total. The predicted molar refractivity (Wildman–Crippen MR) is 150 cm³/mol. The molecule has 2 amide bonds. The fourth-order valence-electron chi connectivity index (χ4n) is 5.74. The minimum atomic E-state index is -0.365. The van der Waals surface area contributed by atoms with Crippen molar-refractivity contribution < 1.29 is 18.7 Å². The van der Waals surface area contributed by atoms with Crippen LogP contribution in [-0.4, -0.2) is 54.9 Å². The van der Waals surface area contributed by atoms with Crippen molar-refractivity contribution in [3.63, 3.8) is 0 Å². The number of carbonyl (C=O) groups excluding carboxylic acids is 2. The fourth-order valence-corrected chi connectivity index (χ4v) is 5.74. The van der Waals surface area contributed by atoms with E-state index in [-0.39, 0.29) is 30.1 Å². The van der Waals surface area contributed by atoms with Crippen LogP contribution in [0.2, 0.25) is 0 Å². The lowest BCUT2D eigenvalue weighted by Crippen LogP contribution is -2.51. The second kappa shape index (κ2) is 12.0. The number of halogens is 1. The van der Waals surface area contributed by atoms with Crippen molar-refractivity contribution in [2.75, 3.05) is 32.6 Å². The Hall–Kier alpha value is -3.71. The van der Waals surface area contributed by atoms with Gasteiger partial charge in [0.05, 0.1) is 13.2 Å². The molecule has 1 unspecified atom stereocenters. The number of hydrogen-bond donors (Lipinski definition) is 1. The first-order valence-corrected chi connectivity index (χ1v) is 13.7. The van der Waals surface area contributed by atoms with Crippen molar-refractivity contribution in [2.45, 2.75) is 50.6 Å². The molecule has 2 aliphatic rings. The molecule has 204 valence electrons. The molecule has 0 radical (unpaired) electrons. The zero-order valence-electron chi connectivity index (χ0n) is 22.7. The minimum absolute atomic E-state index is 0.0967. The molecule has 3 aromatic carbocycles. The minimum Gasteiger partial charge on any atom is -0.497 e. The molecule has 0 bridgehead atoms. The van der Waals surface area contributed by atoms with E-state index in [9.17, 15) is 14.0 Å². The normalized spacial score (nSPS) is 17.9. The van der Waals surface area contributed by atoms with E-state index in [1.54, 1.807) is 12.1 Å². The summed E-state index contributed by atoms with van der Waals surface area (Å²) in [4.78, 5) is 30.0. The van der Waals surface area contributed by atoms with Gasteiger partial charge >= 0.3 is 0 Å². The van der Waals surface area contributed by atoms with E-state index in [2.05, 4.69) is 46.6 Å². The molecule has 0 aliphatic carbocycles. The number of ether oxygens (including phenoxy) is 1. The summed E-state index contributed by atoms with van der Waals surface area (Å²) in [5.74, 6) is 0.566. The Morgan fingerprint density at radius 3 is 2.41 bits per heavy atom. The Kier molecular flexibility index (Phi) is 8.27. The van der Waals surface area contributed by atoms with Gasteiger partial charge in [-0.2, -0.15) is 0 Å². The number of aryl methyl sites for hydroxylation is 1. The molecule has 3 aromatic rings. The maximum absolute atomic E-state index is 14.1. The molecular formula is C32H36FN3O3. The van der Waals surface area contributed by atoms with Crippen LogP contribution in [0.15, 0.2) is 66.7 Å². The van der Waals surface area contributed by atoms with Crippen LogP contribution >= 0.6 is 0 Å². The number of nitrogens with zero attached hydrogens (tertiary/aromatic N) is 2. The molecule has 1 saturated heterocycles. The largest absolute Gasteiger partial charge is 0.497 e. The van der Waals surface area contributed by atoms with E-state index in [1.165, 1.54) is 29.9 Å². The molecular weight excluding hydrogens is 493 g/mol. The third kappa shape index (κ3) is 6.31. The molecule has 0 saturated carbocycles. The smallest absolute Gasteiger partial charge is 0.240 e. The maximum Gasteiger partial charge on any atom is 0.240 e. The summed E-state index contributed by atoms with van der Waals surface area (Å²) < 4.78 is 19.2. The number of nitrogens with one attached hydrogen (secondary N) is 1. The number of benzene rings is 3. The van der Waals surface area contributed by atoms with Crippen molar-refractivity contribution in [1.82, 2.24) is 9.80 Å². The molecule has 0 spiro atoms. The van der Waals surface area contributed by atoms with Gasteiger partial charge in [0.25, 0.3) is 0 Å². The van der Waals surface area contributed by atoms with Crippen LogP contribution in [0, 0.1) is 5.82 Å². The second-order valence-electron chi connectivity index (χ2n) is 10.6. The number of rotatable bonds is 7. The first kappa shape index (κ1) is 26.9. The molecule has 5 rings (SSSR count). The summed E-state index contributed by atoms with van der Waals surface area (Å²) in [7, 11) is 3.54. The predicted octanol–water partition coefficient (Wildman–Crippen LogP) is 5.17. The SMILES string of the molecule is COc1ccc(CCC(=O)Nc2ccc(C3CCN(C(=O)C4Cc5ccccc5CN4C)CC3)cc2)c(F)c1. The van der Waals surface area contributed by atoms with Gasteiger partial charge < -0.3 is 15.0 Å². The Morgan fingerprint density at radius 2 is 1.72 bits per heavy atom. The topological polar surface area (TPSA) is 61.9 Å². The van der Waals surface area contributed by atoms with Gasteiger partial charge in [0.1, 0.15) is 11.6 Å². The van der Waals surface area contributed by atoms with Crippen molar-refractivity contribution in [3.8, 4) is 5.75 Å². The van der Waals surface area contributed by atoms with Gasteiger partial charge in [-0.15, -0.1) is 0 Å². The van der Waals surface area contributed by atoms with Gasteiger partial charge in [-0.05, 0) is 79.1 Å². The lowest BCUT2D eigenvalue weighted by Gasteiger charge is -2.39. The lowest BCUT2D eigenvalue weighted by molar-refractivity contribution is -0.138. The molecule has 7 heteroatoms. The van der Waals surface area contributed by atoms with Crippen molar-refractivity contribution in [1.29, 1.82) is 0 Å². The number of amides is 2. The van der Waals surface area contributed by atoms with Crippen LogP contribution in [0.25, 0.3) is 0 Å². The van der Waals surface area contributed by atoms with Crippen LogP contribution in [0.5, 0.6) is 5.75 Å². The van der Waals surface area contributed by atoms with Crippen LogP contribution < -0.4 is 10.1 Å². The standard InChI is InChI=1S/C32H36FN3O3/c1-35-21-26-6-4-3-5-25(26)19-30(35)32(38)36-17-15-23(16-18-36)22-7-11-27(12-8-22)34-31(37)14-10-24-9-13-28(39-2)20-29(24)33/h3-9,11-13,20,23,30H,10,14-19,21H2,1-2H3,(H,34,37). The third-order valence-electron chi connectivity index (χ3n) is 8.12. The highest BCUT2D eigenvalue weighted by Gasteiger charge is 2.34.